The number of benzene rings is 2. The van der Waals surface area contributed by atoms with Crippen LogP contribution in [-0.4, -0.2) is 60.4 Å². The number of amides is 1. The molecule has 0 radical (unpaired) electrons. The lowest BCUT2D eigenvalue weighted by molar-refractivity contribution is -0.384. The third kappa shape index (κ3) is 4.90. The van der Waals surface area contributed by atoms with Gasteiger partial charge in [-0.3, -0.25) is 19.8 Å². The predicted octanol–water partition coefficient (Wildman–Crippen LogP) is 2.45. The van der Waals surface area contributed by atoms with E-state index in [1.54, 1.807) is 18.2 Å². The highest BCUT2D eigenvalue weighted by Crippen LogP contribution is 2.22. The monoisotopic (exact) mass is 386 g/mol. The van der Waals surface area contributed by atoms with Gasteiger partial charge in [0.25, 0.3) is 11.6 Å². The van der Waals surface area contributed by atoms with Crippen LogP contribution in [0.1, 0.15) is 22.0 Å². The molecule has 0 spiro atoms. The van der Waals surface area contributed by atoms with Crippen molar-refractivity contribution < 1.29 is 14.1 Å². The van der Waals surface area contributed by atoms with Crippen molar-refractivity contribution in [2.45, 2.75) is 6.04 Å². The van der Waals surface area contributed by atoms with Crippen LogP contribution >= 0.6 is 0 Å². The van der Waals surface area contributed by atoms with Crippen LogP contribution in [0.5, 0.6) is 0 Å². The minimum absolute atomic E-state index is 0.100. The van der Waals surface area contributed by atoms with E-state index in [9.17, 15) is 19.3 Å². The zero-order valence-electron chi connectivity index (χ0n) is 15.7. The number of nitro groups is 1. The number of halogens is 1. The standard InChI is InChI=1S/C20H23FN4O3/c1-23-9-11-24(12-10-23)19(15-5-7-17(21)8-6-15)14-22-20(26)16-3-2-4-18(13-16)25(27)28/h2-8,13,19H,9-12,14H2,1H3,(H,22,26). The van der Waals surface area contributed by atoms with Crippen molar-refractivity contribution in [3.05, 3.63) is 75.6 Å². The van der Waals surface area contributed by atoms with Gasteiger partial charge in [0.15, 0.2) is 0 Å². The molecule has 1 fully saturated rings. The van der Waals surface area contributed by atoms with Crippen LogP contribution in [0.2, 0.25) is 0 Å². The Morgan fingerprint density at radius 2 is 1.86 bits per heavy atom. The molecule has 148 valence electrons. The van der Waals surface area contributed by atoms with Crippen LogP contribution in [0.15, 0.2) is 48.5 Å². The molecule has 0 aromatic heterocycles. The smallest absolute Gasteiger partial charge is 0.270 e. The maximum atomic E-state index is 13.3. The molecule has 1 saturated heterocycles. The molecule has 1 amide bonds. The van der Waals surface area contributed by atoms with Gasteiger partial charge >= 0.3 is 0 Å². The van der Waals surface area contributed by atoms with E-state index in [2.05, 4.69) is 22.2 Å². The van der Waals surface area contributed by atoms with Crippen molar-refractivity contribution in [3.63, 3.8) is 0 Å². The molecule has 3 rings (SSSR count). The number of nitrogens with zero attached hydrogens (tertiary/aromatic N) is 3. The number of piperazine rings is 1. The van der Waals surface area contributed by atoms with Crippen molar-refractivity contribution in [2.75, 3.05) is 39.8 Å². The van der Waals surface area contributed by atoms with Crippen LogP contribution < -0.4 is 5.32 Å². The number of hydrogen-bond acceptors (Lipinski definition) is 5. The van der Waals surface area contributed by atoms with Crippen molar-refractivity contribution in [3.8, 4) is 0 Å². The molecule has 7 nitrogen and oxygen atoms in total. The maximum Gasteiger partial charge on any atom is 0.270 e. The Balaban J connectivity index is 1.74. The number of carbonyl (C=O) groups excluding carboxylic acids is 1. The molecule has 1 heterocycles. The molecule has 1 N–H and O–H groups in total. The molecule has 2 aromatic rings. The van der Waals surface area contributed by atoms with E-state index >= 15 is 0 Å². The predicted molar refractivity (Wildman–Crippen MR) is 104 cm³/mol. The fourth-order valence-electron chi connectivity index (χ4n) is 3.33. The second-order valence-corrected chi connectivity index (χ2v) is 6.92. The highest BCUT2D eigenvalue weighted by Gasteiger charge is 2.25. The van der Waals surface area contributed by atoms with E-state index in [4.69, 9.17) is 0 Å². The summed E-state index contributed by atoms with van der Waals surface area (Å²) in [7, 11) is 2.06. The lowest BCUT2D eigenvalue weighted by Gasteiger charge is -2.38. The summed E-state index contributed by atoms with van der Waals surface area (Å²) >= 11 is 0. The Kier molecular flexibility index (Phi) is 6.33. The molecule has 1 aliphatic heterocycles. The second-order valence-electron chi connectivity index (χ2n) is 6.92. The van der Waals surface area contributed by atoms with Gasteiger partial charge in [-0.2, -0.15) is 0 Å². The summed E-state index contributed by atoms with van der Waals surface area (Å²) in [4.78, 5) is 27.4. The van der Waals surface area contributed by atoms with E-state index in [-0.39, 0.29) is 29.0 Å². The molecular weight excluding hydrogens is 363 g/mol. The highest BCUT2D eigenvalue weighted by atomic mass is 19.1. The van der Waals surface area contributed by atoms with Gasteiger partial charge in [-0.1, -0.05) is 18.2 Å². The van der Waals surface area contributed by atoms with Gasteiger partial charge in [0.2, 0.25) is 0 Å². The summed E-state index contributed by atoms with van der Waals surface area (Å²) in [5.41, 5.74) is 1.04. The molecule has 28 heavy (non-hydrogen) atoms. The summed E-state index contributed by atoms with van der Waals surface area (Å²) in [6.07, 6.45) is 0. The minimum Gasteiger partial charge on any atom is -0.350 e. The Morgan fingerprint density at radius 1 is 1.18 bits per heavy atom. The highest BCUT2D eigenvalue weighted by molar-refractivity contribution is 5.94. The lowest BCUT2D eigenvalue weighted by Crippen LogP contribution is -2.48. The fraction of sp³-hybridized carbons (Fsp3) is 0.350. The van der Waals surface area contributed by atoms with Crippen LogP contribution in [0, 0.1) is 15.9 Å². The normalized spacial score (nSPS) is 16.5. The van der Waals surface area contributed by atoms with E-state index in [0.29, 0.717) is 6.54 Å². The van der Waals surface area contributed by atoms with Crippen molar-refractivity contribution in [1.29, 1.82) is 0 Å². The first kappa shape index (κ1) is 19.9. The number of rotatable bonds is 6. The summed E-state index contributed by atoms with van der Waals surface area (Å²) in [6, 6.07) is 11.9. The summed E-state index contributed by atoms with van der Waals surface area (Å²) in [6.45, 7) is 3.83. The van der Waals surface area contributed by atoms with Gasteiger partial charge in [-0.05, 0) is 30.8 Å². The first-order valence-corrected chi connectivity index (χ1v) is 9.15. The lowest BCUT2D eigenvalue weighted by atomic mass is 10.0. The second kappa shape index (κ2) is 8.90. The Morgan fingerprint density at radius 3 is 2.50 bits per heavy atom. The zero-order chi connectivity index (χ0) is 20.1. The van der Waals surface area contributed by atoms with Crippen LogP contribution in [-0.2, 0) is 0 Å². The number of non-ortho nitro benzene ring substituents is 1. The molecule has 0 aliphatic carbocycles. The number of nitro benzene ring substituents is 1. The molecule has 0 bridgehead atoms. The Labute approximate surface area is 162 Å². The van der Waals surface area contributed by atoms with E-state index in [0.717, 1.165) is 31.7 Å². The number of hydrogen-bond donors (Lipinski definition) is 1. The third-order valence-electron chi connectivity index (χ3n) is 5.01. The molecule has 1 unspecified atom stereocenters. The number of carbonyl (C=O) groups is 1. The first-order chi connectivity index (χ1) is 13.4. The van der Waals surface area contributed by atoms with E-state index in [1.165, 1.54) is 30.3 Å². The average molecular weight is 386 g/mol. The van der Waals surface area contributed by atoms with Crippen LogP contribution in [0.3, 0.4) is 0 Å². The number of nitrogens with one attached hydrogen (secondary N) is 1. The Hall–Kier alpha value is -2.84. The summed E-state index contributed by atoms with van der Waals surface area (Å²) in [5, 5.41) is 13.8. The quantitative estimate of drug-likeness (QED) is 0.609. The van der Waals surface area contributed by atoms with Crippen LogP contribution in [0.4, 0.5) is 10.1 Å². The number of likely N-dealkylation sites (N-methyl/N-ethyl adjacent to an activating group) is 1. The Bertz CT molecular complexity index is 836. The first-order valence-electron chi connectivity index (χ1n) is 9.15. The van der Waals surface area contributed by atoms with Gasteiger partial charge in [-0.15, -0.1) is 0 Å². The molecule has 1 atom stereocenters. The van der Waals surface area contributed by atoms with E-state index < -0.39 is 4.92 Å². The average Bonchev–Trinajstić information content (AvgIpc) is 2.70. The summed E-state index contributed by atoms with van der Waals surface area (Å²) < 4.78 is 13.3. The molecule has 0 saturated carbocycles. The fourth-order valence-corrected chi connectivity index (χ4v) is 3.33. The minimum atomic E-state index is -0.525. The molecule has 1 aliphatic rings. The van der Waals surface area contributed by atoms with Gasteiger partial charge in [0.05, 0.1) is 11.0 Å². The van der Waals surface area contributed by atoms with Gasteiger partial charge < -0.3 is 10.2 Å². The van der Waals surface area contributed by atoms with Gasteiger partial charge in [0, 0.05) is 50.4 Å². The maximum absolute atomic E-state index is 13.3. The largest absolute Gasteiger partial charge is 0.350 e. The van der Waals surface area contributed by atoms with Gasteiger partial charge in [0.1, 0.15) is 5.82 Å². The van der Waals surface area contributed by atoms with Gasteiger partial charge in [-0.25, -0.2) is 4.39 Å². The summed E-state index contributed by atoms with van der Waals surface area (Å²) in [5.74, 6) is -0.675. The zero-order valence-corrected chi connectivity index (χ0v) is 15.7. The van der Waals surface area contributed by atoms with E-state index in [1.807, 2.05) is 0 Å². The van der Waals surface area contributed by atoms with Crippen molar-refractivity contribution in [2.24, 2.45) is 0 Å². The third-order valence-corrected chi connectivity index (χ3v) is 5.01. The molecular formula is C20H23FN4O3. The van der Waals surface area contributed by atoms with Crippen LogP contribution in [0.25, 0.3) is 0 Å². The molecule has 8 heteroatoms. The van der Waals surface area contributed by atoms with Crippen molar-refractivity contribution >= 4 is 11.6 Å². The SMILES string of the molecule is CN1CCN(C(CNC(=O)c2cccc([N+](=O)[O-])c2)c2ccc(F)cc2)CC1. The van der Waals surface area contributed by atoms with Crippen molar-refractivity contribution in [1.82, 2.24) is 15.1 Å². The topological polar surface area (TPSA) is 78.7 Å². The molecule has 2 aromatic carbocycles.